The number of nitrogens with one attached hydrogen (secondary N) is 1. The number of benzene rings is 1. The number of halogens is 2. The molecule has 4 rings (SSSR count). The molecule has 3 heterocycles. The number of furan rings is 1. The fraction of sp³-hybridized carbons (Fsp3) is 0.0500. The Morgan fingerprint density at radius 3 is 2.64 bits per heavy atom. The van der Waals surface area contributed by atoms with Crippen LogP contribution in [0.3, 0.4) is 0 Å². The monoisotopic (exact) mass is 380 g/mol. The van der Waals surface area contributed by atoms with Crippen LogP contribution in [0.15, 0.2) is 65.8 Å². The van der Waals surface area contributed by atoms with E-state index >= 15 is 0 Å². The highest BCUT2D eigenvalue weighted by Gasteiger charge is 2.21. The van der Waals surface area contributed by atoms with E-state index in [0.717, 1.165) is 6.20 Å². The lowest BCUT2D eigenvalue weighted by Crippen LogP contribution is -2.14. The first-order valence-corrected chi connectivity index (χ1v) is 8.30. The van der Waals surface area contributed by atoms with Crippen LogP contribution in [-0.2, 0) is 7.05 Å². The maximum atomic E-state index is 14.6. The van der Waals surface area contributed by atoms with Crippen LogP contribution in [0.4, 0.5) is 14.5 Å². The number of anilines is 1. The predicted octanol–water partition coefficient (Wildman–Crippen LogP) is 4.27. The summed E-state index contributed by atoms with van der Waals surface area (Å²) in [6, 6.07) is 8.83. The Balaban J connectivity index is 1.83. The molecule has 0 aliphatic heterocycles. The van der Waals surface area contributed by atoms with Gasteiger partial charge in [-0.25, -0.2) is 13.8 Å². The number of imidazole rings is 1. The predicted molar refractivity (Wildman–Crippen MR) is 98.5 cm³/mol. The van der Waals surface area contributed by atoms with Gasteiger partial charge in [-0.3, -0.25) is 9.78 Å². The van der Waals surface area contributed by atoms with Crippen molar-refractivity contribution in [1.29, 1.82) is 0 Å². The third-order valence-corrected chi connectivity index (χ3v) is 4.19. The Labute approximate surface area is 158 Å². The van der Waals surface area contributed by atoms with E-state index in [4.69, 9.17) is 4.42 Å². The van der Waals surface area contributed by atoms with Gasteiger partial charge in [0.25, 0.3) is 5.91 Å². The number of aryl methyl sites for hydroxylation is 1. The molecule has 0 atom stereocenters. The van der Waals surface area contributed by atoms with Gasteiger partial charge in [-0.1, -0.05) is 0 Å². The van der Waals surface area contributed by atoms with E-state index in [9.17, 15) is 13.6 Å². The van der Waals surface area contributed by atoms with Crippen molar-refractivity contribution in [2.24, 2.45) is 7.05 Å². The van der Waals surface area contributed by atoms with Gasteiger partial charge in [-0.2, -0.15) is 0 Å². The van der Waals surface area contributed by atoms with Crippen molar-refractivity contribution in [3.63, 3.8) is 0 Å². The van der Waals surface area contributed by atoms with Crippen molar-refractivity contribution in [2.75, 3.05) is 5.32 Å². The van der Waals surface area contributed by atoms with E-state index in [2.05, 4.69) is 15.3 Å². The molecule has 28 heavy (non-hydrogen) atoms. The van der Waals surface area contributed by atoms with Crippen LogP contribution in [0, 0.1) is 11.6 Å². The molecule has 0 saturated carbocycles. The average molecular weight is 380 g/mol. The maximum absolute atomic E-state index is 14.6. The SMILES string of the molecule is Cn1cnc(-c2ccc(F)cc2)c1-c1cncc(F)c1NC(=O)c1ccco1. The lowest BCUT2D eigenvalue weighted by atomic mass is 10.0. The van der Waals surface area contributed by atoms with E-state index in [-0.39, 0.29) is 17.3 Å². The molecular formula is C20H14F2N4O2. The fourth-order valence-corrected chi connectivity index (χ4v) is 2.89. The number of hydrogen-bond acceptors (Lipinski definition) is 4. The Bertz CT molecular complexity index is 1140. The zero-order chi connectivity index (χ0) is 19.7. The molecule has 0 spiro atoms. The second-order valence-electron chi connectivity index (χ2n) is 6.03. The number of rotatable bonds is 4. The molecule has 1 N–H and O–H groups in total. The Kier molecular flexibility index (Phi) is 4.44. The minimum absolute atomic E-state index is 0.0472. The topological polar surface area (TPSA) is 73.0 Å². The van der Waals surface area contributed by atoms with Crippen molar-refractivity contribution in [3.8, 4) is 22.5 Å². The quantitative estimate of drug-likeness (QED) is 0.574. The first-order chi connectivity index (χ1) is 13.5. The van der Waals surface area contributed by atoms with Gasteiger partial charge >= 0.3 is 0 Å². The number of amides is 1. The first-order valence-electron chi connectivity index (χ1n) is 8.30. The van der Waals surface area contributed by atoms with Crippen molar-refractivity contribution >= 4 is 11.6 Å². The van der Waals surface area contributed by atoms with Crippen LogP contribution in [0.25, 0.3) is 22.5 Å². The van der Waals surface area contributed by atoms with Gasteiger partial charge in [0.1, 0.15) is 5.82 Å². The molecule has 0 bridgehead atoms. The molecule has 0 saturated heterocycles. The van der Waals surface area contributed by atoms with Gasteiger partial charge in [0.05, 0.1) is 35.9 Å². The molecule has 8 heteroatoms. The summed E-state index contributed by atoms with van der Waals surface area (Å²) < 4.78 is 34.6. The van der Waals surface area contributed by atoms with Crippen LogP contribution in [0.1, 0.15) is 10.6 Å². The van der Waals surface area contributed by atoms with E-state index in [0.29, 0.717) is 22.5 Å². The summed E-state index contributed by atoms with van der Waals surface area (Å²) >= 11 is 0. The number of pyridine rings is 1. The van der Waals surface area contributed by atoms with Gasteiger partial charge in [0, 0.05) is 24.4 Å². The van der Waals surface area contributed by atoms with Gasteiger partial charge in [0.2, 0.25) is 0 Å². The number of carbonyl (C=O) groups excluding carboxylic acids is 1. The first kappa shape index (κ1) is 17.6. The number of carbonyl (C=O) groups is 1. The highest BCUT2D eigenvalue weighted by atomic mass is 19.1. The number of nitrogens with zero attached hydrogens (tertiary/aromatic N) is 3. The minimum atomic E-state index is -0.705. The molecular weight excluding hydrogens is 366 g/mol. The molecule has 0 aliphatic carbocycles. The van der Waals surface area contributed by atoms with Crippen LogP contribution >= 0.6 is 0 Å². The van der Waals surface area contributed by atoms with Crippen molar-refractivity contribution in [2.45, 2.75) is 0 Å². The zero-order valence-electron chi connectivity index (χ0n) is 14.7. The van der Waals surface area contributed by atoms with Crippen LogP contribution in [0.5, 0.6) is 0 Å². The van der Waals surface area contributed by atoms with Gasteiger partial charge in [-0.15, -0.1) is 0 Å². The average Bonchev–Trinajstić information content (AvgIpc) is 3.34. The maximum Gasteiger partial charge on any atom is 0.291 e. The van der Waals surface area contributed by atoms with E-state index in [1.54, 1.807) is 36.1 Å². The second-order valence-corrected chi connectivity index (χ2v) is 6.03. The summed E-state index contributed by atoms with van der Waals surface area (Å²) in [5.74, 6) is -1.63. The van der Waals surface area contributed by atoms with Crippen molar-refractivity contribution in [3.05, 3.63) is 78.8 Å². The lowest BCUT2D eigenvalue weighted by Gasteiger charge is -2.13. The third-order valence-electron chi connectivity index (χ3n) is 4.19. The van der Waals surface area contributed by atoms with E-state index in [1.165, 1.54) is 30.7 Å². The molecule has 0 aliphatic rings. The van der Waals surface area contributed by atoms with Crippen molar-refractivity contribution in [1.82, 2.24) is 14.5 Å². The van der Waals surface area contributed by atoms with Crippen LogP contribution in [-0.4, -0.2) is 20.4 Å². The smallest absolute Gasteiger partial charge is 0.291 e. The van der Waals surface area contributed by atoms with Crippen LogP contribution < -0.4 is 5.32 Å². The molecule has 1 amide bonds. The summed E-state index contributed by atoms with van der Waals surface area (Å²) in [5.41, 5.74) is 1.95. The molecule has 3 aromatic heterocycles. The standard InChI is InChI=1S/C20H14F2N4O2/c1-26-11-24-17(12-4-6-13(21)7-5-12)19(26)14-9-23-10-15(22)18(14)25-20(27)16-3-2-8-28-16/h2-11H,1H3,(H,23,25,27). The number of hydrogen-bond donors (Lipinski definition) is 1. The summed E-state index contributed by atoms with van der Waals surface area (Å²) in [4.78, 5) is 20.6. The Morgan fingerprint density at radius 1 is 1.14 bits per heavy atom. The normalized spacial score (nSPS) is 10.8. The van der Waals surface area contributed by atoms with Gasteiger partial charge < -0.3 is 14.3 Å². The summed E-state index contributed by atoms with van der Waals surface area (Å²) in [5, 5.41) is 2.54. The summed E-state index contributed by atoms with van der Waals surface area (Å²) in [6.45, 7) is 0. The third kappa shape index (κ3) is 3.16. The molecule has 0 unspecified atom stereocenters. The molecule has 0 radical (unpaired) electrons. The summed E-state index contributed by atoms with van der Waals surface area (Å²) in [7, 11) is 1.73. The molecule has 1 aromatic carbocycles. The minimum Gasteiger partial charge on any atom is -0.459 e. The molecule has 6 nitrogen and oxygen atoms in total. The highest BCUT2D eigenvalue weighted by Crippen LogP contribution is 2.36. The lowest BCUT2D eigenvalue weighted by molar-refractivity contribution is 0.0996. The Hall–Kier alpha value is -3.81. The highest BCUT2D eigenvalue weighted by molar-refractivity contribution is 6.05. The van der Waals surface area contributed by atoms with Crippen LogP contribution in [0.2, 0.25) is 0 Å². The van der Waals surface area contributed by atoms with Crippen molar-refractivity contribution < 1.29 is 18.0 Å². The molecule has 4 aromatic rings. The van der Waals surface area contributed by atoms with E-state index in [1.807, 2.05) is 0 Å². The zero-order valence-corrected chi connectivity index (χ0v) is 14.7. The van der Waals surface area contributed by atoms with Gasteiger partial charge in [-0.05, 0) is 36.4 Å². The Morgan fingerprint density at radius 2 is 1.93 bits per heavy atom. The summed E-state index contributed by atoms with van der Waals surface area (Å²) in [6.07, 6.45) is 5.35. The second kappa shape index (κ2) is 7.07. The largest absolute Gasteiger partial charge is 0.459 e. The van der Waals surface area contributed by atoms with E-state index < -0.39 is 11.7 Å². The molecule has 0 fully saturated rings. The number of aromatic nitrogens is 3. The fourth-order valence-electron chi connectivity index (χ4n) is 2.89. The molecule has 140 valence electrons. The van der Waals surface area contributed by atoms with Gasteiger partial charge in [0.15, 0.2) is 11.6 Å².